The molecular weight excluding hydrogens is 219 g/mol. The Balaban J connectivity index is 2.16. The largest absolute Gasteiger partial charge is 0.398 e. The Morgan fingerprint density at radius 2 is 2.29 bits per heavy atom. The quantitative estimate of drug-likeness (QED) is 0.787. The summed E-state index contributed by atoms with van der Waals surface area (Å²) in [5, 5.41) is 9.36. The third-order valence-electron chi connectivity index (χ3n) is 3.70. The van der Waals surface area contributed by atoms with Gasteiger partial charge in [0.05, 0.1) is 6.61 Å². The molecule has 0 aromatic heterocycles. The molecule has 1 aromatic carbocycles. The van der Waals surface area contributed by atoms with Crippen molar-refractivity contribution < 1.29 is 9.50 Å². The van der Waals surface area contributed by atoms with Crippen molar-refractivity contribution in [3.05, 3.63) is 29.6 Å². The Bertz CT molecular complexity index is 377. The number of aliphatic hydroxyl groups excluding tert-OH is 1. The van der Waals surface area contributed by atoms with Crippen LogP contribution in [0.15, 0.2) is 18.2 Å². The molecule has 0 bridgehead atoms. The maximum Gasteiger partial charge on any atom is 0.129 e. The van der Waals surface area contributed by atoms with Gasteiger partial charge in [-0.2, -0.15) is 0 Å². The van der Waals surface area contributed by atoms with Gasteiger partial charge >= 0.3 is 0 Å². The third-order valence-corrected chi connectivity index (χ3v) is 3.70. The number of anilines is 1. The fourth-order valence-corrected chi connectivity index (χ4v) is 2.52. The van der Waals surface area contributed by atoms with E-state index in [-0.39, 0.29) is 18.5 Å². The first kappa shape index (κ1) is 12.3. The summed E-state index contributed by atoms with van der Waals surface area (Å²) in [6.07, 6.45) is 1.04. The molecular formula is C13H19FN2O. The number of aliphatic hydroxyl groups is 1. The molecule has 2 atom stereocenters. The lowest BCUT2D eigenvalue weighted by atomic mass is 10.0. The molecule has 1 aromatic rings. The number of hydrogen-bond donors (Lipinski definition) is 2. The average Bonchev–Trinajstić information content (AvgIpc) is 2.64. The van der Waals surface area contributed by atoms with Gasteiger partial charge in [0.1, 0.15) is 5.82 Å². The van der Waals surface area contributed by atoms with Crippen molar-refractivity contribution in [2.75, 3.05) is 18.9 Å². The van der Waals surface area contributed by atoms with E-state index in [1.54, 1.807) is 12.1 Å². The lowest BCUT2D eigenvalue weighted by molar-refractivity contribution is 0.133. The van der Waals surface area contributed by atoms with Crippen molar-refractivity contribution >= 4 is 5.69 Å². The Kier molecular flexibility index (Phi) is 3.64. The molecule has 0 spiro atoms. The van der Waals surface area contributed by atoms with Gasteiger partial charge in [0.2, 0.25) is 0 Å². The van der Waals surface area contributed by atoms with Gasteiger partial charge in [0, 0.05) is 23.8 Å². The number of hydrogen-bond acceptors (Lipinski definition) is 3. The monoisotopic (exact) mass is 238 g/mol. The number of nitrogens with two attached hydrogens (primary N) is 1. The lowest BCUT2D eigenvalue weighted by Gasteiger charge is -2.25. The Morgan fingerprint density at radius 1 is 1.53 bits per heavy atom. The summed E-state index contributed by atoms with van der Waals surface area (Å²) < 4.78 is 13.7. The molecule has 2 rings (SSSR count). The third kappa shape index (κ3) is 2.42. The molecule has 2 unspecified atom stereocenters. The predicted octanol–water partition coefficient (Wildman–Crippen LogP) is 1.61. The minimum atomic E-state index is -0.263. The highest BCUT2D eigenvalue weighted by atomic mass is 19.1. The predicted molar refractivity (Wildman–Crippen MR) is 65.9 cm³/mol. The molecule has 4 heteroatoms. The van der Waals surface area contributed by atoms with E-state index in [4.69, 9.17) is 5.73 Å². The van der Waals surface area contributed by atoms with Gasteiger partial charge in [-0.25, -0.2) is 4.39 Å². The summed E-state index contributed by atoms with van der Waals surface area (Å²) >= 11 is 0. The van der Waals surface area contributed by atoms with Crippen LogP contribution in [-0.4, -0.2) is 29.2 Å². The van der Waals surface area contributed by atoms with Gasteiger partial charge < -0.3 is 10.8 Å². The van der Waals surface area contributed by atoms with Crippen LogP contribution < -0.4 is 5.73 Å². The Morgan fingerprint density at radius 3 is 2.94 bits per heavy atom. The number of likely N-dealkylation sites (tertiary alicyclic amines) is 1. The van der Waals surface area contributed by atoms with Crippen molar-refractivity contribution in [1.29, 1.82) is 0 Å². The molecule has 0 aliphatic carbocycles. The average molecular weight is 238 g/mol. The Labute approximate surface area is 101 Å². The highest BCUT2D eigenvalue weighted by Crippen LogP contribution is 2.27. The molecule has 3 nitrogen and oxygen atoms in total. The van der Waals surface area contributed by atoms with Gasteiger partial charge in [-0.1, -0.05) is 13.0 Å². The highest BCUT2D eigenvalue weighted by Gasteiger charge is 2.31. The van der Waals surface area contributed by atoms with Crippen LogP contribution in [0.4, 0.5) is 10.1 Å². The summed E-state index contributed by atoms with van der Waals surface area (Å²) in [6.45, 7) is 3.61. The second-order valence-corrected chi connectivity index (χ2v) is 4.79. The van der Waals surface area contributed by atoms with Gasteiger partial charge in [-0.05, 0) is 31.0 Å². The van der Waals surface area contributed by atoms with Gasteiger partial charge in [-0.3, -0.25) is 4.90 Å². The van der Waals surface area contributed by atoms with Crippen molar-refractivity contribution in [3.8, 4) is 0 Å². The van der Waals surface area contributed by atoms with E-state index >= 15 is 0 Å². The molecule has 94 valence electrons. The second-order valence-electron chi connectivity index (χ2n) is 4.79. The van der Waals surface area contributed by atoms with E-state index in [0.717, 1.165) is 13.0 Å². The van der Waals surface area contributed by atoms with E-state index in [9.17, 15) is 9.50 Å². The molecule has 1 fully saturated rings. The van der Waals surface area contributed by atoms with Crippen molar-refractivity contribution in [2.24, 2.45) is 5.92 Å². The van der Waals surface area contributed by atoms with E-state index in [1.807, 2.05) is 0 Å². The van der Waals surface area contributed by atoms with Gasteiger partial charge in [-0.15, -0.1) is 0 Å². The van der Waals surface area contributed by atoms with Gasteiger partial charge in [0.25, 0.3) is 0 Å². The number of nitrogens with zero attached hydrogens (tertiary/aromatic N) is 1. The second kappa shape index (κ2) is 5.02. The number of nitrogen functional groups attached to an aromatic ring is 1. The first-order chi connectivity index (χ1) is 8.13. The first-order valence-electron chi connectivity index (χ1n) is 6.01. The van der Waals surface area contributed by atoms with Crippen molar-refractivity contribution in [2.45, 2.75) is 25.9 Å². The maximum atomic E-state index is 13.7. The van der Waals surface area contributed by atoms with Crippen molar-refractivity contribution in [1.82, 2.24) is 4.90 Å². The summed E-state index contributed by atoms with van der Waals surface area (Å²) in [6, 6.07) is 4.88. The summed E-state index contributed by atoms with van der Waals surface area (Å²) in [7, 11) is 0. The number of benzene rings is 1. The zero-order valence-electron chi connectivity index (χ0n) is 10.1. The van der Waals surface area contributed by atoms with Crippen LogP contribution in [0.5, 0.6) is 0 Å². The molecule has 0 radical (unpaired) electrons. The van der Waals surface area contributed by atoms with E-state index < -0.39 is 0 Å². The molecule has 3 N–H and O–H groups in total. The fraction of sp³-hybridized carbons (Fsp3) is 0.538. The number of halogens is 1. The topological polar surface area (TPSA) is 49.5 Å². The zero-order chi connectivity index (χ0) is 12.4. The van der Waals surface area contributed by atoms with Crippen LogP contribution in [0.1, 0.15) is 18.9 Å². The Hall–Kier alpha value is -1.13. The molecule has 0 amide bonds. The molecule has 1 saturated heterocycles. The summed E-state index contributed by atoms with van der Waals surface area (Å²) in [4.78, 5) is 2.11. The zero-order valence-corrected chi connectivity index (χ0v) is 10.1. The lowest BCUT2D eigenvalue weighted by Crippen LogP contribution is -2.35. The van der Waals surface area contributed by atoms with Crippen LogP contribution in [-0.2, 0) is 6.54 Å². The molecule has 1 aliphatic rings. The van der Waals surface area contributed by atoms with Crippen LogP contribution in [0.3, 0.4) is 0 Å². The molecule has 17 heavy (non-hydrogen) atoms. The minimum Gasteiger partial charge on any atom is -0.398 e. The first-order valence-corrected chi connectivity index (χ1v) is 6.01. The highest BCUT2D eigenvalue weighted by molar-refractivity contribution is 5.47. The van der Waals surface area contributed by atoms with E-state index in [1.165, 1.54) is 6.07 Å². The fourth-order valence-electron chi connectivity index (χ4n) is 2.52. The molecule has 1 aliphatic heterocycles. The molecule has 0 saturated carbocycles. The van der Waals surface area contributed by atoms with Crippen molar-refractivity contribution in [3.63, 3.8) is 0 Å². The maximum absolute atomic E-state index is 13.7. The van der Waals surface area contributed by atoms with Crippen LogP contribution >= 0.6 is 0 Å². The van der Waals surface area contributed by atoms with E-state index in [0.29, 0.717) is 23.7 Å². The molecule has 1 heterocycles. The normalized spacial score (nSPS) is 25.4. The van der Waals surface area contributed by atoms with Crippen LogP contribution in [0.2, 0.25) is 0 Å². The van der Waals surface area contributed by atoms with Crippen LogP contribution in [0, 0.1) is 11.7 Å². The SMILES string of the molecule is CC1CCN(Cc2c(N)cccc2F)C1CO. The van der Waals surface area contributed by atoms with Gasteiger partial charge in [0.15, 0.2) is 0 Å². The van der Waals surface area contributed by atoms with E-state index in [2.05, 4.69) is 11.8 Å². The summed E-state index contributed by atoms with van der Waals surface area (Å²) in [5.41, 5.74) is 6.82. The van der Waals surface area contributed by atoms with Crippen LogP contribution in [0.25, 0.3) is 0 Å². The number of rotatable bonds is 3. The smallest absolute Gasteiger partial charge is 0.129 e. The minimum absolute atomic E-state index is 0.119. The summed E-state index contributed by atoms with van der Waals surface area (Å²) in [5.74, 6) is 0.189. The standard InChI is InChI=1S/C13H19FN2O/c1-9-5-6-16(13(9)8-17)7-10-11(14)3-2-4-12(10)15/h2-4,9,13,17H,5-8,15H2,1H3.